The maximum atomic E-state index is 12.1. The number of aliphatic carboxylic acids is 1. The van der Waals surface area contributed by atoms with E-state index in [1.165, 1.54) is 0 Å². The third kappa shape index (κ3) is 2.67. The molecule has 0 bridgehead atoms. The maximum absolute atomic E-state index is 12.1. The molecule has 0 radical (unpaired) electrons. The van der Waals surface area contributed by atoms with Gasteiger partial charge in [-0.15, -0.1) is 0 Å². The Hall–Kier alpha value is -2.11. The van der Waals surface area contributed by atoms with Gasteiger partial charge in [0.15, 0.2) is 0 Å². The van der Waals surface area contributed by atoms with Gasteiger partial charge in [0.25, 0.3) is 5.91 Å². The van der Waals surface area contributed by atoms with Gasteiger partial charge in [0, 0.05) is 6.04 Å². The lowest BCUT2D eigenvalue weighted by atomic mass is 10.1. The van der Waals surface area contributed by atoms with E-state index >= 15 is 0 Å². The summed E-state index contributed by atoms with van der Waals surface area (Å²) < 4.78 is 5.01. The van der Waals surface area contributed by atoms with Gasteiger partial charge in [-0.3, -0.25) is 9.59 Å². The third-order valence-corrected chi connectivity index (χ3v) is 3.21. The van der Waals surface area contributed by atoms with Gasteiger partial charge < -0.3 is 14.9 Å². The number of aromatic nitrogens is 1. The molecule has 1 heterocycles. The summed E-state index contributed by atoms with van der Waals surface area (Å²) in [5.41, 5.74) is 1.07. The van der Waals surface area contributed by atoms with Crippen LogP contribution in [0.15, 0.2) is 16.7 Å². The Bertz CT molecular complexity index is 533. The molecule has 6 heteroatoms. The molecule has 2 unspecified atom stereocenters. The number of carboxylic acid groups (broad SMARTS) is 1. The Morgan fingerprint density at radius 1 is 1.53 bits per heavy atom. The van der Waals surface area contributed by atoms with Crippen molar-refractivity contribution in [2.45, 2.75) is 32.7 Å². The summed E-state index contributed by atoms with van der Waals surface area (Å²) in [6, 6.07) is -0.257. The van der Waals surface area contributed by atoms with Crippen molar-refractivity contribution in [2.24, 2.45) is 5.92 Å². The molecule has 1 aliphatic carbocycles. The number of amides is 1. The molecule has 0 fully saturated rings. The van der Waals surface area contributed by atoms with Crippen LogP contribution in [0.4, 0.5) is 0 Å². The number of carbonyl (C=O) groups excluding carboxylic acids is 1. The summed E-state index contributed by atoms with van der Waals surface area (Å²) in [4.78, 5) is 23.0. The van der Waals surface area contributed by atoms with E-state index in [4.69, 9.17) is 9.63 Å². The lowest BCUT2D eigenvalue weighted by molar-refractivity contribution is -0.140. The lowest BCUT2D eigenvalue weighted by Gasteiger charge is -2.12. The first-order chi connectivity index (χ1) is 9.02. The van der Waals surface area contributed by atoms with Crippen molar-refractivity contribution in [2.75, 3.05) is 0 Å². The van der Waals surface area contributed by atoms with Gasteiger partial charge in [-0.1, -0.05) is 24.2 Å². The van der Waals surface area contributed by atoms with E-state index in [9.17, 15) is 9.59 Å². The van der Waals surface area contributed by atoms with Crippen LogP contribution in [0.3, 0.4) is 0 Å². The molecular weight excluding hydrogens is 248 g/mol. The standard InChI is InChI=1S/C13H16N2O4/c1-3-10-11(7(2)19-15-10)12(16)14-9-5-4-8(6-9)13(17)18/h4-5,8-9H,3,6H2,1-2H3,(H,14,16)(H,17,18). The minimum absolute atomic E-state index is 0.257. The third-order valence-electron chi connectivity index (χ3n) is 3.21. The number of hydrogen-bond donors (Lipinski definition) is 2. The Morgan fingerprint density at radius 2 is 2.26 bits per heavy atom. The molecule has 102 valence electrons. The summed E-state index contributed by atoms with van der Waals surface area (Å²) >= 11 is 0. The maximum Gasteiger partial charge on any atom is 0.310 e. The van der Waals surface area contributed by atoms with E-state index in [0.29, 0.717) is 29.9 Å². The highest BCUT2D eigenvalue weighted by Crippen LogP contribution is 2.20. The van der Waals surface area contributed by atoms with Crippen molar-refractivity contribution in [1.29, 1.82) is 0 Å². The molecule has 0 aromatic carbocycles. The van der Waals surface area contributed by atoms with E-state index in [0.717, 1.165) is 0 Å². The van der Waals surface area contributed by atoms with E-state index in [1.807, 2.05) is 6.92 Å². The summed E-state index contributed by atoms with van der Waals surface area (Å²) in [6.45, 7) is 3.58. The van der Waals surface area contributed by atoms with Gasteiger partial charge in [-0.2, -0.15) is 0 Å². The first kappa shape index (κ1) is 13.3. The average Bonchev–Trinajstić information content (AvgIpc) is 2.95. The predicted octanol–water partition coefficient (Wildman–Crippen LogP) is 1.30. The smallest absolute Gasteiger partial charge is 0.310 e. The SMILES string of the molecule is CCc1noc(C)c1C(=O)NC1C=CC(C(=O)O)C1. The van der Waals surface area contributed by atoms with Crippen molar-refractivity contribution >= 4 is 11.9 Å². The zero-order chi connectivity index (χ0) is 14.0. The lowest BCUT2D eigenvalue weighted by Crippen LogP contribution is -2.34. The minimum atomic E-state index is -0.872. The quantitative estimate of drug-likeness (QED) is 0.800. The van der Waals surface area contributed by atoms with Crippen molar-refractivity contribution < 1.29 is 19.2 Å². The Morgan fingerprint density at radius 3 is 2.84 bits per heavy atom. The normalized spacial score (nSPS) is 21.6. The largest absolute Gasteiger partial charge is 0.481 e. The van der Waals surface area contributed by atoms with Crippen LogP contribution in [-0.2, 0) is 11.2 Å². The summed E-state index contributed by atoms with van der Waals surface area (Å²) in [5, 5.41) is 15.5. The van der Waals surface area contributed by atoms with Gasteiger partial charge in [-0.25, -0.2) is 0 Å². The Labute approximate surface area is 110 Å². The molecule has 1 amide bonds. The van der Waals surface area contributed by atoms with Crippen LogP contribution in [-0.4, -0.2) is 28.2 Å². The van der Waals surface area contributed by atoms with Crippen LogP contribution in [0.1, 0.15) is 35.2 Å². The number of carboxylic acids is 1. The van der Waals surface area contributed by atoms with Gasteiger partial charge in [0.05, 0.1) is 11.6 Å². The second kappa shape index (κ2) is 5.26. The fourth-order valence-corrected chi connectivity index (χ4v) is 2.18. The fourth-order valence-electron chi connectivity index (χ4n) is 2.18. The van der Waals surface area contributed by atoms with E-state index in [-0.39, 0.29) is 11.9 Å². The highest BCUT2D eigenvalue weighted by molar-refractivity contribution is 5.96. The van der Waals surface area contributed by atoms with Crippen molar-refractivity contribution in [1.82, 2.24) is 10.5 Å². The van der Waals surface area contributed by atoms with Gasteiger partial charge in [-0.05, 0) is 19.8 Å². The molecular formula is C13H16N2O4. The van der Waals surface area contributed by atoms with Gasteiger partial charge >= 0.3 is 5.97 Å². The molecule has 2 atom stereocenters. The number of nitrogens with one attached hydrogen (secondary N) is 1. The van der Waals surface area contributed by atoms with Crippen LogP contribution in [0.25, 0.3) is 0 Å². The number of carbonyl (C=O) groups is 2. The van der Waals surface area contributed by atoms with Gasteiger partial charge in [0.2, 0.25) is 0 Å². The zero-order valence-corrected chi connectivity index (χ0v) is 10.8. The van der Waals surface area contributed by atoms with E-state index < -0.39 is 11.9 Å². The van der Waals surface area contributed by atoms with Crippen molar-refractivity contribution in [3.63, 3.8) is 0 Å². The molecule has 0 saturated carbocycles. The highest BCUT2D eigenvalue weighted by atomic mass is 16.5. The van der Waals surface area contributed by atoms with Gasteiger partial charge in [0.1, 0.15) is 11.3 Å². The molecule has 1 aliphatic rings. The average molecular weight is 264 g/mol. The topological polar surface area (TPSA) is 92.4 Å². The molecule has 2 rings (SSSR count). The molecule has 1 aromatic heterocycles. The molecule has 19 heavy (non-hydrogen) atoms. The Balaban J connectivity index is 2.05. The highest BCUT2D eigenvalue weighted by Gasteiger charge is 2.27. The second-order valence-electron chi connectivity index (χ2n) is 4.56. The van der Waals surface area contributed by atoms with E-state index in [1.54, 1.807) is 19.1 Å². The zero-order valence-electron chi connectivity index (χ0n) is 10.8. The molecule has 6 nitrogen and oxygen atoms in total. The first-order valence-electron chi connectivity index (χ1n) is 6.20. The van der Waals surface area contributed by atoms with Crippen LogP contribution in [0.5, 0.6) is 0 Å². The van der Waals surface area contributed by atoms with Crippen molar-refractivity contribution in [3.8, 4) is 0 Å². The van der Waals surface area contributed by atoms with Crippen LogP contribution < -0.4 is 5.32 Å². The molecule has 1 aromatic rings. The van der Waals surface area contributed by atoms with Crippen LogP contribution >= 0.6 is 0 Å². The number of nitrogens with zero attached hydrogens (tertiary/aromatic N) is 1. The minimum Gasteiger partial charge on any atom is -0.481 e. The van der Waals surface area contributed by atoms with Crippen LogP contribution in [0.2, 0.25) is 0 Å². The summed E-state index contributed by atoms with van der Waals surface area (Å²) in [5.74, 6) is -1.19. The van der Waals surface area contributed by atoms with Crippen molar-refractivity contribution in [3.05, 3.63) is 29.2 Å². The molecule has 0 aliphatic heterocycles. The summed E-state index contributed by atoms with van der Waals surface area (Å²) in [7, 11) is 0. The second-order valence-corrected chi connectivity index (χ2v) is 4.56. The summed E-state index contributed by atoms with van der Waals surface area (Å²) in [6.07, 6.45) is 4.31. The predicted molar refractivity (Wildman–Crippen MR) is 66.8 cm³/mol. The number of aryl methyl sites for hydroxylation is 2. The fraction of sp³-hybridized carbons (Fsp3) is 0.462. The number of hydrogen-bond acceptors (Lipinski definition) is 4. The number of rotatable bonds is 4. The van der Waals surface area contributed by atoms with E-state index in [2.05, 4.69) is 10.5 Å². The van der Waals surface area contributed by atoms with Crippen LogP contribution in [0, 0.1) is 12.8 Å². The first-order valence-corrected chi connectivity index (χ1v) is 6.20. The molecule has 2 N–H and O–H groups in total. The molecule has 0 spiro atoms. The molecule has 0 saturated heterocycles. The Kier molecular flexibility index (Phi) is 3.69. The monoisotopic (exact) mass is 264 g/mol.